The van der Waals surface area contributed by atoms with Crippen LogP contribution in [-0.2, 0) is 11.3 Å². The van der Waals surface area contributed by atoms with E-state index in [1.807, 2.05) is 18.2 Å². The summed E-state index contributed by atoms with van der Waals surface area (Å²) in [6, 6.07) is 10.0. The Morgan fingerprint density at radius 1 is 1.53 bits per heavy atom. The first-order valence-corrected chi connectivity index (χ1v) is 6.06. The fourth-order valence-electron chi connectivity index (χ4n) is 2.35. The number of ether oxygens (including phenoxy) is 1. The zero-order valence-corrected chi connectivity index (χ0v) is 10.2. The lowest BCUT2D eigenvalue weighted by Gasteiger charge is -2.31. The van der Waals surface area contributed by atoms with E-state index in [1.54, 1.807) is 7.11 Å². The zero-order valence-electron chi connectivity index (χ0n) is 10.2. The number of hydrogen-bond donors (Lipinski definition) is 0. The van der Waals surface area contributed by atoms with Crippen molar-refractivity contribution in [2.24, 2.45) is 0 Å². The topological polar surface area (TPSA) is 36.3 Å². The maximum absolute atomic E-state index is 8.86. The Kier molecular flexibility index (Phi) is 4.13. The smallest absolute Gasteiger partial charge is 0.0991 e. The van der Waals surface area contributed by atoms with E-state index in [4.69, 9.17) is 10.00 Å². The van der Waals surface area contributed by atoms with Gasteiger partial charge in [-0.15, -0.1) is 0 Å². The molecule has 0 bridgehead atoms. The van der Waals surface area contributed by atoms with E-state index in [0.717, 1.165) is 31.6 Å². The van der Waals surface area contributed by atoms with Gasteiger partial charge in [-0.05, 0) is 37.1 Å². The van der Waals surface area contributed by atoms with E-state index >= 15 is 0 Å². The predicted molar refractivity (Wildman–Crippen MR) is 66.5 cm³/mol. The van der Waals surface area contributed by atoms with Crippen molar-refractivity contribution in [3.05, 3.63) is 35.4 Å². The Morgan fingerprint density at radius 2 is 2.41 bits per heavy atom. The van der Waals surface area contributed by atoms with Crippen LogP contribution in [0.25, 0.3) is 0 Å². The second kappa shape index (κ2) is 5.81. The molecule has 1 aromatic carbocycles. The van der Waals surface area contributed by atoms with Gasteiger partial charge in [0.2, 0.25) is 0 Å². The molecule has 1 saturated heterocycles. The van der Waals surface area contributed by atoms with Gasteiger partial charge >= 0.3 is 0 Å². The maximum atomic E-state index is 8.86. The highest BCUT2D eigenvalue weighted by Crippen LogP contribution is 2.16. The van der Waals surface area contributed by atoms with Crippen LogP contribution in [0.3, 0.4) is 0 Å². The number of nitrogens with zero attached hydrogens (tertiary/aromatic N) is 2. The third-order valence-electron chi connectivity index (χ3n) is 3.26. The third kappa shape index (κ3) is 3.29. The van der Waals surface area contributed by atoms with Crippen LogP contribution in [0.15, 0.2) is 24.3 Å². The second-order valence-electron chi connectivity index (χ2n) is 4.55. The third-order valence-corrected chi connectivity index (χ3v) is 3.26. The van der Waals surface area contributed by atoms with Crippen LogP contribution in [-0.4, -0.2) is 31.2 Å². The number of methoxy groups -OCH3 is 1. The number of benzene rings is 1. The molecule has 1 atom stereocenters. The Balaban J connectivity index is 1.98. The summed E-state index contributed by atoms with van der Waals surface area (Å²) in [5, 5.41) is 8.86. The number of hydrogen-bond acceptors (Lipinski definition) is 3. The summed E-state index contributed by atoms with van der Waals surface area (Å²) in [5.41, 5.74) is 1.95. The van der Waals surface area contributed by atoms with E-state index < -0.39 is 0 Å². The van der Waals surface area contributed by atoms with Crippen molar-refractivity contribution in [3.63, 3.8) is 0 Å². The maximum Gasteiger partial charge on any atom is 0.0991 e. The van der Waals surface area contributed by atoms with Crippen molar-refractivity contribution in [2.75, 3.05) is 20.2 Å². The summed E-state index contributed by atoms with van der Waals surface area (Å²) < 4.78 is 5.41. The average molecular weight is 230 g/mol. The molecule has 1 unspecified atom stereocenters. The molecule has 0 amide bonds. The fraction of sp³-hybridized carbons (Fsp3) is 0.500. The Bertz CT molecular complexity index is 411. The largest absolute Gasteiger partial charge is 0.380 e. The monoisotopic (exact) mass is 230 g/mol. The molecule has 90 valence electrons. The van der Waals surface area contributed by atoms with Gasteiger partial charge in [0, 0.05) is 20.2 Å². The molecule has 1 aromatic rings. The minimum Gasteiger partial charge on any atom is -0.380 e. The Labute approximate surface area is 103 Å². The minimum absolute atomic E-state index is 0.364. The quantitative estimate of drug-likeness (QED) is 0.798. The second-order valence-corrected chi connectivity index (χ2v) is 4.55. The van der Waals surface area contributed by atoms with Crippen molar-refractivity contribution in [3.8, 4) is 6.07 Å². The van der Waals surface area contributed by atoms with Crippen LogP contribution < -0.4 is 0 Å². The van der Waals surface area contributed by atoms with Gasteiger partial charge in [0.05, 0.1) is 17.7 Å². The SMILES string of the molecule is COC1CCCN(Cc2cccc(C#N)c2)C1. The standard InChI is InChI=1S/C14H18N2O/c1-17-14-6-3-7-16(11-14)10-13-5-2-4-12(8-13)9-15/h2,4-5,8,14H,3,6-7,10-11H2,1H3. The van der Waals surface area contributed by atoms with Crippen LogP contribution in [0.1, 0.15) is 24.0 Å². The van der Waals surface area contributed by atoms with Crippen LogP contribution in [0.5, 0.6) is 0 Å². The molecule has 0 aliphatic carbocycles. The lowest BCUT2D eigenvalue weighted by Crippen LogP contribution is -2.38. The first kappa shape index (κ1) is 12.1. The van der Waals surface area contributed by atoms with E-state index in [-0.39, 0.29) is 0 Å². The molecule has 3 heteroatoms. The van der Waals surface area contributed by atoms with Gasteiger partial charge < -0.3 is 4.74 Å². The van der Waals surface area contributed by atoms with Gasteiger partial charge in [-0.3, -0.25) is 4.90 Å². The van der Waals surface area contributed by atoms with Gasteiger partial charge in [0.1, 0.15) is 0 Å². The zero-order chi connectivity index (χ0) is 12.1. The summed E-state index contributed by atoms with van der Waals surface area (Å²) in [6.45, 7) is 3.03. The summed E-state index contributed by atoms with van der Waals surface area (Å²) in [6.07, 6.45) is 2.71. The lowest BCUT2D eigenvalue weighted by molar-refractivity contribution is 0.0285. The predicted octanol–water partition coefficient (Wildman–Crippen LogP) is 2.17. The first-order chi connectivity index (χ1) is 8.31. The fourth-order valence-corrected chi connectivity index (χ4v) is 2.35. The summed E-state index contributed by atoms with van der Waals surface area (Å²) in [4.78, 5) is 2.40. The van der Waals surface area contributed by atoms with Gasteiger partial charge in [0.25, 0.3) is 0 Å². The summed E-state index contributed by atoms with van der Waals surface area (Å²) >= 11 is 0. The minimum atomic E-state index is 0.364. The van der Waals surface area contributed by atoms with Gasteiger partial charge in [-0.2, -0.15) is 5.26 Å². The molecule has 1 fully saturated rings. The highest BCUT2D eigenvalue weighted by Gasteiger charge is 2.19. The van der Waals surface area contributed by atoms with Crippen molar-refractivity contribution in [1.29, 1.82) is 5.26 Å². The van der Waals surface area contributed by atoms with Crippen molar-refractivity contribution in [1.82, 2.24) is 4.90 Å². The molecule has 0 spiro atoms. The molecule has 0 radical (unpaired) electrons. The van der Waals surface area contributed by atoms with Gasteiger partial charge in [0.15, 0.2) is 0 Å². The van der Waals surface area contributed by atoms with Gasteiger partial charge in [-0.1, -0.05) is 12.1 Å². The number of piperidine rings is 1. The lowest BCUT2D eigenvalue weighted by atomic mass is 10.1. The molecule has 1 aliphatic rings. The normalized spacial score (nSPS) is 21.1. The van der Waals surface area contributed by atoms with Crippen LogP contribution in [0.2, 0.25) is 0 Å². The molecule has 2 rings (SSSR count). The number of rotatable bonds is 3. The van der Waals surface area contributed by atoms with E-state index in [2.05, 4.69) is 17.0 Å². The molecule has 0 aromatic heterocycles. The van der Waals surface area contributed by atoms with E-state index in [0.29, 0.717) is 6.10 Å². The van der Waals surface area contributed by atoms with Crippen LogP contribution in [0, 0.1) is 11.3 Å². The Hall–Kier alpha value is -1.37. The van der Waals surface area contributed by atoms with Crippen molar-refractivity contribution in [2.45, 2.75) is 25.5 Å². The number of nitriles is 1. The molecule has 3 nitrogen and oxygen atoms in total. The molecule has 1 heterocycles. The average Bonchev–Trinajstić information content (AvgIpc) is 2.39. The molecule has 1 aliphatic heterocycles. The van der Waals surface area contributed by atoms with Crippen molar-refractivity contribution >= 4 is 0 Å². The van der Waals surface area contributed by atoms with Crippen LogP contribution in [0.4, 0.5) is 0 Å². The van der Waals surface area contributed by atoms with Gasteiger partial charge in [-0.25, -0.2) is 0 Å². The Morgan fingerprint density at radius 3 is 3.18 bits per heavy atom. The number of likely N-dealkylation sites (tertiary alicyclic amines) is 1. The molecular formula is C14H18N2O. The van der Waals surface area contributed by atoms with E-state index in [9.17, 15) is 0 Å². The van der Waals surface area contributed by atoms with Crippen LogP contribution >= 0.6 is 0 Å². The highest BCUT2D eigenvalue weighted by molar-refractivity contribution is 5.32. The summed E-state index contributed by atoms with van der Waals surface area (Å²) in [7, 11) is 1.78. The molecule has 0 N–H and O–H groups in total. The highest BCUT2D eigenvalue weighted by atomic mass is 16.5. The van der Waals surface area contributed by atoms with Crippen molar-refractivity contribution < 1.29 is 4.74 Å². The van der Waals surface area contributed by atoms with E-state index in [1.165, 1.54) is 12.0 Å². The molecule has 17 heavy (non-hydrogen) atoms. The first-order valence-electron chi connectivity index (χ1n) is 6.06. The molecule has 0 saturated carbocycles. The molecular weight excluding hydrogens is 212 g/mol. The summed E-state index contributed by atoms with van der Waals surface area (Å²) in [5.74, 6) is 0.